The second-order valence-corrected chi connectivity index (χ2v) is 3.97. The van der Waals surface area contributed by atoms with Gasteiger partial charge in [-0.1, -0.05) is 12.1 Å². The Morgan fingerprint density at radius 2 is 2.12 bits per heavy atom. The Morgan fingerprint density at radius 1 is 1.44 bits per heavy atom. The van der Waals surface area contributed by atoms with Crippen LogP contribution in [0.2, 0.25) is 0 Å². The fourth-order valence-corrected chi connectivity index (χ4v) is 1.37. The highest BCUT2D eigenvalue weighted by Gasteiger charge is 2.09. The predicted molar refractivity (Wildman–Crippen MR) is 60.6 cm³/mol. The average molecular weight is 227 g/mol. The third-order valence-electron chi connectivity index (χ3n) is 2.57. The molecule has 1 unspecified atom stereocenters. The molecule has 2 atom stereocenters. The monoisotopic (exact) mass is 227 g/mol. The molecule has 0 saturated heterocycles. The Bertz CT molecular complexity index is 344. The van der Waals surface area contributed by atoms with Crippen LogP contribution in [0.1, 0.15) is 24.1 Å². The average Bonchev–Trinajstić information content (AvgIpc) is 2.29. The topological polar surface area (TPSA) is 52.5 Å². The molecule has 0 aliphatic rings. The standard InChI is InChI=1S/C12H18FNO2/c1-8-3-4-10(5-12(8)13)9(2)14-6-11(16)7-15/h3-5,9,11,14-16H,6-7H2,1-2H3/t9?,11-/m0/s1. The van der Waals surface area contributed by atoms with Crippen LogP contribution in [0.4, 0.5) is 4.39 Å². The van der Waals surface area contributed by atoms with Gasteiger partial charge in [0.05, 0.1) is 12.7 Å². The van der Waals surface area contributed by atoms with Gasteiger partial charge in [0.15, 0.2) is 0 Å². The molecule has 3 N–H and O–H groups in total. The molecular formula is C12H18FNO2. The van der Waals surface area contributed by atoms with Crippen LogP contribution < -0.4 is 5.32 Å². The number of aliphatic hydroxyl groups excluding tert-OH is 2. The molecule has 3 nitrogen and oxygen atoms in total. The number of aryl methyl sites for hydroxylation is 1. The van der Waals surface area contributed by atoms with Crippen LogP contribution in [-0.2, 0) is 0 Å². The molecule has 0 aliphatic heterocycles. The van der Waals surface area contributed by atoms with Crippen molar-refractivity contribution < 1.29 is 14.6 Å². The lowest BCUT2D eigenvalue weighted by molar-refractivity contribution is 0.0924. The molecule has 0 bridgehead atoms. The largest absolute Gasteiger partial charge is 0.394 e. The van der Waals surface area contributed by atoms with Crippen LogP contribution in [0.15, 0.2) is 18.2 Å². The quantitative estimate of drug-likeness (QED) is 0.707. The van der Waals surface area contributed by atoms with E-state index in [2.05, 4.69) is 5.32 Å². The van der Waals surface area contributed by atoms with Gasteiger partial charge in [0.2, 0.25) is 0 Å². The lowest BCUT2D eigenvalue weighted by atomic mass is 10.1. The SMILES string of the molecule is Cc1ccc(C(C)NC[C@H](O)CO)cc1F. The van der Waals surface area contributed by atoms with E-state index in [9.17, 15) is 4.39 Å². The van der Waals surface area contributed by atoms with Crippen molar-refractivity contribution in [2.45, 2.75) is 26.0 Å². The normalized spacial score (nSPS) is 14.8. The molecule has 90 valence electrons. The first-order valence-electron chi connectivity index (χ1n) is 5.33. The third-order valence-corrected chi connectivity index (χ3v) is 2.57. The predicted octanol–water partition coefficient (Wildman–Crippen LogP) is 1.14. The highest BCUT2D eigenvalue weighted by atomic mass is 19.1. The van der Waals surface area contributed by atoms with E-state index in [0.29, 0.717) is 5.56 Å². The number of hydrogen-bond acceptors (Lipinski definition) is 3. The molecule has 0 saturated carbocycles. The van der Waals surface area contributed by atoms with Crippen LogP contribution >= 0.6 is 0 Å². The van der Waals surface area contributed by atoms with Gasteiger partial charge in [-0.3, -0.25) is 0 Å². The Labute approximate surface area is 94.9 Å². The van der Waals surface area contributed by atoms with Crippen LogP contribution in [-0.4, -0.2) is 29.5 Å². The summed E-state index contributed by atoms with van der Waals surface area (Å²) in [6.45, 7) is 3.61. The van der Waals surface area contributed by atoms with E-state index in [1.54, 1.807) is 13.0 Å². The molecule has 0 aliphatic carbocycles. The van der Waals surface area contributed by atoms with Gasteiger partial charge in [-0.05, 0) is 31.0 Å². The molecule has 16 heavy (non-hydrogen) atoms. The second-order valence-electron chi connectivity index (χ2n) is 3.97. The number of nitrogens with one attached hydrogen (secondary N) is 1. The summed E-state index contributed by atoms with van der Waals surface area (Å²) in [5.41, 5.74) is 1.44. The maximum atomic E-state index is 13.3. The summed E-state index contributed by atoms with van der Waals surface area (Å²) in [7, 11) is 0. The Hall–Kier alpha value is -0.970. The Morgan fingerprint density at radius 3 is 2.69 bits per heavy atom. The first-order valence-corrected chi connectivity index (χ1v) is 5.33. The fourth-order valence-electron chi connectivity index (χ4n) is 1.37. The van der Waals surface area contributed by atoms with Crippen molar-refractivity contribution in [3.63, 3.8) is 0 Å². The van der Waals surface area contributed by atoms with E-state index in [4.69, 9.17) is 10.2 Å². The van der Waals surface area contributed by atoms with Crippen molar-refractivity contribution in [2.75, 3.05) is 13.2 Å². The lowest BCUT2D eigenvalue weighted by Gasteiger charge is -2.16. The maximum absolute atomic E-state index is 13.3. The van der Waals surface area contributed by atoms with Crippen LogP contribution in [0.25, 0.3) is 0 Å². The minimum Gasteiger partial charge on any atom is -0.394 e. The minimum atomic E-state index is -0.780. The van der Waals surface area contributed by atoms with Gasteiger partial charge in [0, 0.05) is 12.6 Å². The van der Waals surface area contributed by atoms with E-state index in [0.717, 1.165) is 5.56 Å². The molecule has 0 heterocycles. The highest BCUT2D eigenvalue weighted by Crippen LogP contribution is 2.16. The van der Waals surface area contributed by atoms with Gasteiger partial charge < -0.3 is 15.5 Å². The summed E-state index contributed by atoms with van der Waals surface area (Å²) < 4.78 is 13.3. The number of aliphatic hydroxyl groups is 2. The zero-order valence-electron chi connectivity index (χ0n) is 9.57. The molecule has 1 aromatic rings. The molecule has 0 aromatic heterocycles. The number of rotatable bonds is 5. The van der Waals surface area contributed by atoms with Crippen LogP contribution in [0, 0.1) is 12.7 Å². The van der Waals surface area contributed by atoms with Crippen molar-refractivity contribution in [3.05, 3.63) is 35.1 Å². The zero-order valence-corrected chi connectivity index (χ0v) is 9.57. The van der Waals surface area contributed by atoms with Crippen molar-refractivity contribution in [1.29, 1.82) is 0 Å². The fraction of sp³-hybridized carbons (Fsp3) is 0.500. The first-order chi connectivity index (χ1) is 7.54. The van der Waals surface area contributed by atoms with E-state index < -0.39 is 6.10 Å². The molecule has 0 amide bonds. The van der Waals surface area contributed by atoms with Crippen LogP contribution in [0.5, 0.6) is 0 Å². The number of benzene rings is 1. The molecule has 0 fully saturated rings. The molecular weight excluding hydrogens is 209 g/mol. The minimum absolute atomic E-state index is 0.0590. The van der Waals surface area contributed by atoms with E-state index in [1.165, 1.54) is 6.07 Å². The van der Waals surface area contributed by atoms with E-state index >= 15 is 0 Å². The summed E-state index contributed by atoms with van der Waals surface area (Å²) in [5, 5.41) is 20.8. The molecule has 4 heteroatoms. The van der Waals surface area contributed by atoms with Gasteiger partial charge in [0.1, 0.15) is 5.82 Å². The van der Waals surface area contributed by atoms with Crippen LogP contribution in [0.3, 0.4) is 0 Å². The molecule has 1 aromatic carbocycles. The van der Waals surface area contributed by atoms with E-state index in [-0.39, 0.29) is 25.0 Å². The smallest absolute Gasteiger partial charge is 0.126 e. The maximum Gasteiger partial charge on any atom is 0.126 e. The summed E-state index contributed by atoms with van der Waals surface area (Å²) >= 11 is 0. The summed E-state index contributed by atoms with van der Waals surface area (Å²) in [5.74, 6) is -0.228. The summed E-state index contributed by atoms with van der Waals surface area (Å²) in [6.07, 6.45) is -0.780. The van der Waals surface area contributed by atoms with Gasteiger partial charge in [-0.25, -0.2) is 4.39 Å². The highest BCUT2D eigenvalue weighted by molar-refractivity contribution is 5.25. The first kappa shape index (κ1) is 13.1. The molecule has 1 rings (SSSR count). The van der Waals surface area contributed by atoms with Gasteiger partial charge in [-0.15, -0.1) is 0 Å². The Kier molecular flexibility index (Phi) is 4.86. The second kappa shape index (κ2) is 5.94. The third kappa shape index (κ3) is 3.56. The van der Waals surface area contributed by atoms with Crippen molar-refractivity contribution in [1.82, 2.24) is 5.32 Å². The van der Waals surface area contributed by atoms with Crippen molar-refractivity contribution in [3.8, 4) is 0 Å². The summed E-state index contributed by atoms with van der Waals surface area (Å²) in [6, 6.07) is 5.00. The van der Waals surface area contributed by atoms with Crippen molar-refractivity contribution >= 4 is 0 Å². The van der Waals surface area contributed by atoms with Gasteiger partial charge in [-0.2, -0.15) is 0 Å². The molecule has 0 radical (unpaired) electrons. The van der Waals surface area contributed by atoms with Gasteiger partial charge >= 0.3 is 0 Å². The lowest BCUT2D eigenvalue weighted by Crippen LogP contribution is -2.31. The van der Waals surface area contributed by atoms with E-state index in [1.807, 2.05) is 13.0 Å². The number of halogens is 1. The number of hydrogen-bond donors (Lipinski definition) is 3. The van der Waals surface area contributed by atoms with Gasteiger partial charge in [0.25, 0.3) is 0 Å². The summed E-state index contributed by atoms with van der Waals surface area (Å²) in [4.78, 5) is 0. The zero-order chi connectivity index (χ0) is 12.1. The molecule has 0 spiro atoms. The van der Waals surface area contributed by atoms with Crippen molar-refractivity contribution in [2.24, 2.45) is 0 Å². The Balaban J connectivity index is 2.59.